The first-order valence-corrected chi connectivity index (χ1v) is 14.2. The van der Waals surface area contributed by atoms with Gasteiger partial charge in [0.2, 0.25) is 21.8 Å². The Bertz CT molecular complexity index is 1330. The third kappa shape index (κ3) is 8.83. The minimum absolute atomic E-state index is 0.105. The highest BCUT2D eigenvalue weighted by Crippen LogP contribution is 2.18. The number of likely N-dealkylation sites (N-methyl/N-ethyl adjacent to an activating group) is 1. The molecular weight excluding hydrogens is 518 g/mol. The van der Waals surface area contributed by atoms with Crippen molar-refractivity contribution in [2.45, 2.75) is 25.6 Å². The van der Waals surface area contributed by atoms with Crippen molar-refractivity contribution in [3.63, 3.8) is 0 Å². The molecule has 10 heteroatoms. The molecule has 1 atom stereocenters. The molecule has 0 saturated carbocycles. The lowest BCUT2D eigenvalue weighted by Gasteiger charge is -2.32. The average molecular weight is 554 g/mol. The highest BCUT2D eigenvalue weighted by molar-refractivity contribution is 7.88. The zero-order chi connectivity index (χ0) is 28.4. The highest BCUT2D eigenvalue weighted by atomic mass is 32.2. The van der Waals surface area contributed by atoms with Crippen LogP contribution in [0, 0.1) is 0 Å². The molecular formula is C29H35N3O6S. The van der Waals surface area contributed by atoms with E-state index in [0.717, 1.165) is 27.3 Å². The van der Waals surface area contributed by atoms with Crippen molar-refractivity contribution < 1.29 is 27.5 Å². The lowest BCUT2D eigenvalue weighted by atomic mass is 10.0. The lowest BCUT2D eigenvalue weighted by molar-refractivity contribution is -0.141. The largest absolute Gasteiger partial charge is 0.497 e. The van der Waals surface area contributed by atoms with Crippen molar-refractivity contribution in [1.29, 1.82) is 0 Å². The Morgan fingerprint density at radius 3 is 1.87 bits per heavy atom. The summed E-state index contributed by atoms with van der Waals surface area (Å²) in [5, 5.41) is 2.95. The number of nitrogens with one attached hydrogen (secondary N) is 1. The number of hydrogen-bond donors (Lipinski definition) is 1. The first-order valence-electron chi connectivity index (χ1n) is 12.4. The van der Waals surface area contributed by atoms with Crippen LogP contribution >= 0.6 is 0 Å². The molecule has 3 aromatic carbocycles. The van der Waals surface area contributed by atoms with Crippen LogP contribution < -0.4 is 14.8 Å². The summed E-state index contributed by atoms with van der Waals surface area (Å²) in [6.45, 7) is -0.0398. The van der Waals surface area contributed by atoms with Gasteiger partial charge >= 0.3 is 0 Å². The maximum absolute atomic E-state index is 13.7. The van der Waals surface area contributed by atoms with Gasteiger partial charge in [0.25, 0.3) is 0 Å². The Hall–Kier alpha value is -3.89. The number of amides is 2. The van der Waals surface area contributed by atoms with Crippen molar-refractivity contribution in [3.05, 3.63) is 95.6 Å². The van der Waals surface area contributed by atoms with Crippen molar-refractivity contribution in [3.8, 4) is 11.5 Å². The third-order valence-electron chi connectivity index (χ3n) is 6.33. The van der Waals surface area contributed by atoms with Crippen molar-refractivity contribution in [1.82, 2.24) is 14.5 Å². The van der Waals surface area contributed by atoms with Gasteiger partial charge < -0.3 is 19.7 Å². The molecule has 9 nitrogen and oxygen atoms in total. The Labute approximate surface area is 230 Å². The summed E-state index contributed by atoms with van der Waals surface area (Å²) in [6.07, 6.45) is 1.29. The minimum atomic E-state index is -3.61. The van der Waals surface area contributed by atoms with Crippen LogP contribution in [0.2, 0.25) is 0 Å². The van der Waals surface area contributed by atoms with Crippen LogP contribution in [0.25, 0.3) is 0 Å². The summed E-state index contributed by atoms with van der Waals surface area (Å²) in [4.78, 5) is 28.7. The summed E-state index contributed by atoms with van der Waals surface area (Å²) < 4.78 is 35.6. The fraction of sp³-hybridized carbons (Fsp3) is 0.310. The summed E-state index contributed by atoms with van der Waals surface area (Å²) in [5.74, 6) is 0.530. The van der Waals surface area contributed by atoms with E-state index in [1.54, 1.807) is 26.4 Å². The maximum atomic E-state index is 13.7. The van der Waals surface area contributed by atoms with Gasteiger partial charge in [0.1, 0.15) is 17.5 Å². The van der Waals surface area contributed by atoms with Crippen LogP contribution in [0.3, 0.4) is 0 Å². The van der Waals surface area contributed by atoms with Crippen molar-refractivity contribution >= 4 is 21.8 Å². The Morgan fingerprint density at radius 2 is 1.36 bits per heavy atom. The van der Waals surface area contributed by atoms with E-state index < -0.39 is 28.5 Å². The van der Waals surface area contributed by atoms with Crippen molar-refractivity contribution in [2.75, 3.05) is 34.1 Å². The van der Waals surface area contributed by atoms with Crippen LogP contribution in [0.5, 0.6) is 11.5 Å². The number of nitrogens with zero attached hydrogens (tertiary/aromatic N) is 2. The van der Waals surface area contributed by atoms with Gasteiger partial charge in [-0.1, -0.05) is 54.6 Å². The molecule has 0 aliphatic carbocycles. The topological polar surface area (TPSA) is 105 Å². The van der Waals surface area contributed by atoms with E-state index in [-0.39, 0.29) is 25.4 Å². The van der Waals surface area contributed by atoms with Crippen LogP contribution in [0.4, 0.5) is 0 Å². The number of benzene rings is 3. The van der Waals surface area contributed by atoms with E-state index in [4.69, 9.17) is 9.47 Å². The van der Waals surface area contributed by atoms with Gasteiger partial charge in [-0.2, -0.15) is 4.31 Å². The summed E-state index contributed by atoms with van der Waals surface area (Å²) in [5.41, 5.74) is 2.51. The molecule has 0 fully saturated rings. The summed E-state index contributed by atoms with van der Waals surface area (Å²) >= 11 is 0. The maximum Gasteiger partial charge on any atom is 0.243 e. The number of ether oxygens (including phenoxy) is 2. The van der Waals surface area contributed by atoms with Gasteiger partial charge in [0, 0.05) is 26.6 Å². The zero-order valence-corrected chi connectivity index (χ0v) is 23.5. The Morgan fingerprint density at radius 1 is 0.821 bits per heavy atom. The molecule has 0 bridgehead atoms. The highest BCUT2D eigenvalue weighted by Gasteiger charge is 2.32. The number of rotatable bonds is 13. The smallest absolute Gasteiger partial charge is 0.243 e. The lowest BCUT2D eigenvalue weighted by Crippen LogP contribution is -2.52. The first kappa shape index (κ1) is 29.7. The fourth-order valence-corrected chi connectivity index (χ4v) is 4.28. The molecule has 208 valence electrons. The predicted octanol–water partition coefficient (Wildman–Crippen LogP) is 2.85. The van der Waals surface area contributed by atoms with E-state index >= 15 is 0 Å². The van der Waals surface area contributed by atoms with E-state index in [2.05, 4.69) is 5.32 Å². The monoisotopic (exact) mass is 553 g/mol. The van der Waals surface area contributed by atoms with Gasteiger partial charge in [-0.05, 0) is 41.0 Å². The molecule has 3 aromatic rings. The second-order valence-electron chi connectivity index (χ2n) is 9.16. The quantitative estimate of drug-likeness (QED) is 0.349. The second-order valence-corrected chi connectivity index (χ2v) is 11.2. The molecule has 0 unspecified atom stereocenters. The molecule has 0 aromatic heterocycles. The normalized spacial score (nSPS) is 12.0. The van der Waals surface area contributed by atoms with E-state index in [0.29, 0.717) is 11.5 Å². The zero-order valence-electron chi connectivity index (χ0n) is 22.7. The number of hydrogen-bond acceptors (Lipinski definition) is 6. The van der Waals surface area contributed by atoms with E-state index in [1.165, 1.54) is 11.9 Å². The molecule has 0 heterocycles. The van der Waals surface area contributed by atoms with E-state index in [9.17, 15) is 18.0 Å². The second kappa shape index (κ2) is 13.8. The Kier molecular flexibility index (Phi) is 10.5. The van der Waals surface area contributed by atoms with Crippen LogP contribution in [-0.2, 0) is 39.1 Å². The van der Waals surface area contributed by atoms with E-state index in [1.807, 2.05) is 66.7 Å². The van der Waals surface area contributed by atoms with Gasteiger partial charge in [-0.3, -0.25) is 9.59 Å². The summed E-state index contributed by atoms with van der Waals surface area (Å²) in [6, 6.07) is 23.0. The molecule has 0 radical (unpaired) electrons. The molecule has 0 saturated heterocycles. The minimum Gasteiger partial charge on any atom is -0.497 e. The van der Waals surface area contributed by atoms with Crippen LogP contribution in [0.1, 0.15) is 16.7 Å². The Balaban J connectivity index is 1.93. The molecule has 2 amide bonds. The van der Waals surface area contributed by atoms with Gasteiger partial charge in [-0.15, -0.1) is 0 Å². The van der Waals surface area contributed by atoms with Gasteiger partial charge in [0.05, 0.1) is 27.0 Å². The fourth-order valence-electron chi connectivity index (χ4n) is 3.93. The van der Waals surface area contributed by atoms with Gasteiger partial charge in [0.15, 0.2) is 0 Å². The standard InChI is InChI=1S/C29H35N3O6S/c1-31(39(4,35)36)21-28(33)32(20-24-12-16-26(38-3)17-13-24)27(18-22-8-6-5-7-9-22)29(34)30-19-23-10-14-25(37-2)15-11-23/h5-17,27H,18-21H2,1-4H3,(H,30,34)/t27-/m0/s1. The summed E-state index contributed by atoms with van der Waals surface area (Å²) in [7, 11) is 0.879. The average Bonchev–Trinajstić information content (AvgIpc) is 2.94. The van der Waals surface area contributed by atoms with Crippen molar-refractivity contribution in [2.24, 2.45) is 0 Å². The molecule has 1 N–H and O–H groups in total. The third-order valence-corrected chi connectivity index (χ3v) is 7.59. The molecule has 0 aliphatic rings. The molecule has 0 aliphatic heterocycles. The number of sulfonamides is 1. The van der Waals surface area contributed by atoms with Crippen LogP contribution in [0.15, 0.2) is 78.9 Å². The number of methoxy groups -OCH3 is 2. The molecule has 3 rings (SSSR count). The molecule has 0 spiro atoms. The SMILES string of the molecule is COc1ccc(CNC(=O)[C@H](Cc2ccccc2)N(Cc2ccc(OC)cc2)C(=O)CN(C)S(C)(=O)=O)cc1. The number of carbonyl (C=O) groups excluding carboxylic acids is 2. The molecule has 39 heavy (non-hydrogen) atoms. The predicted molar refractivity (Wildman–Crippen MR) is 150 cm³/mol. The van der Waals surface area contributed by atoms with Crippen LogP contribution in [-0.4, -0.2) is 69.5 Å². The first-order chi connectivity index (χ1) is 18.6. The number of carbonyl (C=O) groups is 2. The van der Waals surface area contributed by atoms with Gasteiger partial charge in [-0.25, -0.2) is 8.42 Å².